The lowest BCUT2D eigenvalue weighted by Gasteiger charge is -2.24. The van der Waals surface area contributed by atoms with Gasteiger partial charge in [0.05, 0.1) is 0 Å². The SMILES string of the molecule is CC/C=C(\CCC)B(/C(=C/CC)CCC)/C(=C/CC)CCC. The molecule has 22 heavy (non-hydrogen) atoms. The molecule has 0 aliphatic rings. The van der Waals surface area contributed by atoms with E-state index in [0.29, 0.717) is 6.71 Å². The molecule has 0 fully saturated rings. The zero-order valence-electron chi connectivity index (χ0n) is 16.2. The van der Waals surface area contributed by atoms with Crippen molar-refractivity contribution >= 4 is 6.71 Å². The summed E-state index contributed by atoms with van der Waals surface area (Å²) in [4.78, 5) is 0. The smallest absolute Gasteiger partial charge is 0.0953 e. The van der Waals surface area contributed by atoms with E-state index >= 15 is 0 Å². The average molecular weight is 302 g/mol. The molecule has 0 radical (unpaired) electrons. The van der Waals surface area contributed by atoms with Crippen LogP contribution in [0.1, 0.15) is 99.3 Å². The van der Waals surface area contributed by atoms with Crippen molar-refractivity contribution in [1.29, 1.82) is 0 Å². The molecule has 0 aliphatic carbocycles. The molecule has 0 aliphatic heterocycles. The predicted octanol–water partition coefficient (Wildman–Crippen LogP) is 7.51. The lowest BCUT2D eigenvalue weighted by Crippen LogP contribution is -2.25. The van der Waals surface area contributed by atoms with E-state index < -0.39 is 0 Å². The maximum Gasteiger partial charge on any atom is 0.227 e. The summed E-state index contributed by atoms with van der Waals surface area (Å²) in [6.45, 7) is 14.3. The Balaban J connectivity index is 5.84. The first kappa shape index (κ1) is 21.3. The van der Waals surface area contributed by atoms with Gasteiger partial charge in [-0.1, -0.05) is 95.5 Å². The Morgan fingerprint density at radius 2 is 0.818 bits per heavy atom. The lowest BCUT2D eigenvalue weighted by molar-refractivity contribution is 0.897. The molecule has 0 spiro atoms. The lowest BCUT2D eigenvalue weighted by atomic mass is 9.33. The third-order valence-corrected chi connectivity index (χ3v) is 4.13. The van der Waals surface area contributed by atoms with Gasteiger partial charge in [-0.15, -0.1) is 0 Å². The molecular formula is C21H39B. The van der Waals surface area contributed by atoms with E-state index in [1.807, 2.05) is 0 Å². The van der Waals surface area contributed by atoms with Crippen LogP contribution < -0.4 is 0 Å². The summed E-state index contributed by atoms with van der Waals surface area (Å²) < 4.78 is 0. The molecule has 0 unspecified atom stereocenters. The number of rotatable bonds is 12. The minimum Gasteiger partial charge on any atom is -0.0953 e. The molecule has 0 atom stereocenters. The Morgan fingerprint density at radius 1 is 0.545 bits per heavy atom. The minimum absolute atomic E-state index is 0.583. The van der Waals surface area contributed by atoms with Gasteiger partial charge in [-0.3, -0.25) is 0 Å². The van der Waals surface area contributed by atoms with Crippen LogP contribution in [0.4, 0.5) is 0 Å². The summed E-state index contributed by atoms with van der Waals surface area (Å²) in [7, 11) is 0. The van der Waals surface area contributed by atoms with E-state index in [2.05, 4.69) is 59.8 Å². The van der Waals surface area contributed by atoms with Gasteiger partial charge < -0.3 is 0 Å². The van der Waals surface area contributed by atoms with Crippen molar-refractivity contribution < 1.29 is 0 Å². The summed E-state index contributed by atoms with van der Waals surface area (Å²) in [5, 5.41) is 0. The van der Waals surface area contributed by atoms with Crippen molar-refractivity contribution in [2.24, 2.45) is 0 Å². The van der Waals surface area contributed by atoms with Crippen LogP contribution in [0, 0.1) is 0 Å². The fraction of sp³-hybridized carbons (Fsp3) is 0.714. The molecule has 0 heterocycles. The van der Waals surface area contributed by atoms with Gasteiger partial charge >= 0.3 is 0 Å². The molecule has 0 N–H and O–H groups in total. The highest BCUT2D eigenvalue weighted by Gasteiger charge is 2.25. The predicted molar refractivity (Wildman–Crippen MR) is 106 cm³/mol. The van der Waals surface area contributed by atoms with Gasteiger partial charge in [-0.2, -0.15) is 0 Å². The van der Waals surface area contributed by atoms with Gasteiger partial charge in [0, 0.05) is 0 Å². The minimum atomic E-state index is 0.583. The van der Waals surface area contributed by atoms with E-state index in [1.165, 1.54) is 38.5 Å². The topological polar surface area (TPSA) is 0 Å². The van der Waals surface area contributed by atoms with Crippen molar-refractivity contribution in [2.75, 3.05) is 0 Å². The van der Waals surface area contributed by atoms with E-state index in [-0.39, 0.29) is 0 Å². The van der Waals surface area contributed by atoms with Crippen molar-refractivity contribution in [2.45, 2.75) is 99.3 Å². The maximum absolute atomic E-state index is 2.51. The molecule has 1 heteroatoms. The summed E-state index contributed by atoms with van der Waals surface area (Å²) in [6, 6.07) is 0. The Hall–Kier alpha value is -0.715. The zero-order chi connectivity index (χ0) is 16.8. The van der Waals surface area contributed by atoms with E-state index in [1.54, 1.807) is 16.4 Å². The molecule has 126 valence electrons. The summed E-state index contributed by atoms with van der Waals surface area (Å²) in [6.07, 6.45) is 18.5. The van der Waals surface area contributed by atoms with Crippen LogP contribution in [-0.2, 0) is 0 Å². The zero-order valence-corrected chi connectivity index (χ0v) is 16.2. The van der Waals surface area contributed by atoms with Crippen molar-refractivity contribution in [3.05, 3.63) is 34.6 Å². The first-order valence-electron chi connectivity index (χ1n) is 9.76. The molecule has 0 rings (SSSR count). The van der Waals surface area contributed by atoms with Crippen molar-refractivity contribution in [1.82, 2.24) is 0 Å². The number of allylic oxidation sites excluding steroid dienone is 6. The maximum atomic E-state index is 2.51. The van der Waals surface area contributed by atoms with Crippen LogP contribution in [0.15, 0.2) is 34.6 Å². The highest BCUT2D eigenvalue weighted by molar-refractivity contribution is 6.80. The van der Waals surface area contributed by atoms with E-state index in [9.17, 15) is 0 Å². The first-order valence-corrected chi connectivity index (χ1v) is 9.76. The van der Waals surface area contributed by atoms with Crippen LogP contribution in [0.3, 0.4) is 0 Å². The summed E-state index contributed by atoms with van der Waals surface area (Å²) in [5.41, 5.74) is 5.02. The van der Waals surface area contributed by atoms with Gasteiger partial charge in [0.15, 0.2) is 0 Å². The van der Waals surface area contributed by atoms with Crippen LogP contribution in [0.25, 0.3) is 0 Å². The second kappa shape index (κ2) is 13.9. The summed E-state index contributed by atoms with van der Waals surface area (Å²) in [5.74, 6) is 0. The molecule has 0 saturated carbocycles. The largest absolute Gasteiger partial charge is 0.227 e. The fourth-order valence-corrected chi connectivity index (χ4v) is 3.46. The van der Waals surface area contributed by atoms with Crippen molar-refractivity contribution in [3.63, 3.8) is 0 Å². The molecule has 0 saturated heterocycles. The second-order valence-electron chi connectivity index (χ2n) is 6.24. The molecule has 0 amide bonds. The van der Waals surface area contributed by atoms with Crippen LogP contribution >= 0.6 is 0 Å². The standard InChI is InChI=1S/C21H39B/c1-7-13-19(14-8-2)22(20(15-9-3)16-10-4)21(17-11-5)18-12-6/h13,15,17H,7-12,14,16,18H2,1-6H3/b19-13+,20-15+,21-17+. The van der Waals surface area contributed by atoms with Crippen LogP contribution in [-0.4, -0.2) is 6.71 Å². The fourth-order valence-electron chi connectivity index (χ4n) is 3.46. The average Bonchev–Trinajstić information content (AvgIpc) is 2.49. The monoisotopic (exact) mass is 302 g/mol. The normalized spacial score (nSPS) is 13.6. The molecule has 0 aromatic rings. The molecular weight excluding hydrogens is 263 g/mol. The second-order valence-corrected chi connectivity index (χ2v) is 6.24. The highest BCUT2D eigenvalue weighted by Crippen LogP contribution is 2.28. The van der Waals surface area contributed by atoms with Crippen LogP contribution in [0.5, 0.6) is 0 Å². The van der Waals surface area contributed by atoms with Gasteiger partial charge in [-0.25, -0.2) is 0 Å². The quantitative estimate of drug-likeness (QED) is 0.327. The molecule has 0 aromatic heterocycles. The number of hydrogen-bond acceptors (Lipinski definition) is 0. The molecule has 0 bridgehead atoms. The van der Waals surface area contributed by atoms with Gasteiger partial charge in [0.1, 0.15) is 0 Å². The Kier molecular flexibility index (Phi) is 13.5. The Labute approximate surface area is 141 Å². The third kappa shape index (κ3) is 7.52. The van der Waals surface area contributed by atoms with Gasteiger partial charge in [0.25, 0.3) is 0 Å². The summed E-state index contributed by atoms with van der Waals surface area (Å²) >= 11 is 0. The number of hydrogen-bond donors (Lipinski definition) is 0. The highest BCUT2D eigenvalue weighted by atomic mass is 14.0. The molecule has 0 aromatic carbocycles. The van der Waals surface area contributed by atoms with Gasteiger partial charge in [0.2, 0.25) is 6.71 Å². The first-order chi connectivity index (χ1) is 10.7. The van der Waals surface area contributed by atoms with Gasteiger partial charge in [-0.05, 0) is 38.5 Å². The Morgan fingerprint density at radius 3 is 1.00 bits per heavy atom. The van der Waals surface area contributed by atoms with Crippen molar-refractivity contribution in [3.8, 4) is 0 Å². The van der Waals surface area contributed by atoms with Crippen LogP contribution in [0.2, 0.25) is 0 Å². The van der Waals surface area contributed by atoms with E-state index in [0.717, 1.165) is 19.3 Å². The third-order valence-electron chi connectivity index (χ3n) is 4.13. The molecule has 0 nitrogen and oxygen atoms in total. The van der Waals surface area contributed by atoms with E-state index in [4.69, 9.17) is 0 Å². The Bertz CT molecular complexity index is 303.